The maximum atomic E-state index is 2.59. The molecule has 0 heterocycles. The lowest BCUT2D eigenvalue weighted by atomic mass is 9.53. The predicted octanol–water partition coefficient (Wildman–Crippen LogP) is 4.89. The van der Waals surface area contributed by atoms with E-state index in [9.17, 15) is 0 Å². The SMILES string of the molecule is CC(C)[C@@H]1CCC2CCC[C@@H](C)[C@]2(C)C1. The van der Waals surface area contributed by atoms with Crippen LogP contribution in [-0.2, 0) is 0 Å². The monoisotopic (exact) mass is 208 g/mol. The maximum absolute atomic E-state index is 2.59. The molecule has 15 heavy (non-hydrogen) atoms. The zero-order chi connectivity index (χ0) is 11.1. The van der Waals surface area contributed by atoms with Crippen molar-refractivity contribution in [3.63, 3.8) is 0 Å². The van der Waals surface area contributed by atoms with Crippen LogP contribution in [0.5, 0.6) is 0 Å². The quantitative estimate of drug-likeness (QED) is 0.576. The topological polar surface area (TPSA) is 0 Å². The molecule has 0 aromatic rings. The van der Waals surface area contributed by atoms with E-state index in [1.54, 1.807) is 0 Å². The van der Waals surface area contributed by atoms with E-state index in [4.69, 9.17) is 0 Å². The van der Waals surface area contributed by atoms with E-state index in [2.05, 4.69) is 27.7 Å². The second kappa shape index (κ2) is 4.11. The second-order valence-electron chi connectivity index (χ2n) is 6.82. The lowest BCUT2D eigenvalue weighted by molar-refractivity contribution is -0.0232. The van der Waals surface area contributed by atoms with Crippen LogP contribution in [0.15, 0.2) is 0 Å². The van der Waals surface area contributed by atoms with Crippen molar-refractivity contribution in [3.8, 4) is 0 Å². The van der Waals surface area contributed by atoms with E-state index in [0.29, 0.717) is 5.41 Å². The van der Waals surface area contributed by atoms with Crippen molar-refractivity contribution in [2.24, 2.45) is 29.1 Å². The first-order chi connectivity index (χ1) is 7.04. The predicted molar refractivity (Wildman–Crippen MR) is 66.8 cm³/mol. The molecule has 0 bridgehead atoms. The highest BCUT2D eigenvalue weighted by atomic mass is 14.5. The molecular formula is C15H28. The highest BCUT2D eigenvalue weighted by Gasteiger charge is 2.45. The lowest BCUT2D eigenvalue weighted by Gasteiger charge is -2.52. The molecule has 0 saturated heterocycles. The van der Waals surface area contributed by atoms with Crippen LogP contribution < -0.4 is 0 Å². The molecule has 2 aliphatic carbocycles. The van der Waals surface area contributed by atoms with Crippen molar-refractivity contribution in [2.75, 3.05) is 0 Å². The summed E-state index contributed by atoms with van der Waals surface area (Å²) in [5.41, 5.74) is 0.686. The molecule has 0 aromatic carbocycles. The Morgan fingerprint density at radius 1 is 1.07 bits per heavy atom. The minimum absolute atomic E-state index is 0.686. The molecule has 0 amide bonds. The summed E-state index contributed by atoms with van der Waals surface area (Å²) in [6.07, 6.45) is 9.03. The summed E-state index contributed by atoms with van der Waals surface area (Å²) in [6, 6.07) is 0. The summed E-state index contributed by atoms with van der Waals surface area (Å²) in [5.74, 6) is 3.93. The van der Waals surface area contributed by atoms with Gasteiger partial charge in [-0.05, 0) is 54.8 Å². The van der Waals surface area contributed by atoms with E-state index in [0.717, 1.165) is 23.7 Å². The highest BCUT2D eigenvalue weighted by Crippen LogP contribution is 2.55. The van der Waals surface area contributed by atoms with Gasteiger partial charge in [-0.3, -0.25) is 0 Å². The molecule has 0 spiro atoms. The maximum Gasteiger partial charge on any atom is -0.0269 e. The molecule has 0 radical (unpaired) electrons. The summed E-state index contributed by atoms with van der Waals surface area (Å²) in [4.78, 5) is 0. The summed E-state index contributed by atoms with van der Waals surface area (Å²) >= 11 is 0. The smallest absolute Gasteiger partial charge is 0.0269 e. The average molecular weight is 208 g/mol. The fourth-order valence-electron chi connectivity index (χ4n) is 4.23. The first kappa shape index (κ1) is 11.5. The summed E-state index contributed by atoms with van der Waals surface area (Å²) < 4.78 is 0. The van der Waals surface area contributed by atoms with Crippen LogP contribution in [0.2, 0.25) is 0 Å². The Kier molecular flexibility index (Phi) is 3.14. The van der Waals surface area contributed by atoms with Crippen molar-refractivity contribution in [3.05, 3.63) is 0 Å². The Hall–Kier alpha value is 0. The third-order valence-electron chi connectivity index (χ3n) is 5.78. The van der Waals surface area contributed by atoms with Gasteiger partial charge in [0.1, 0.15) is 0 Å². The molecular weight excluding hydrogens is 180 g/mol. The first-order valence-corrected chi connectivity index (χ1v) is 7.04. The normalized spacial score (nSPS) is 46.6. The molecule has 2 aliphatic rings. The third kappa shape index (κ3) is 1.97. The largest absolute Gasteiger partial charge is 0.0625 e. The van der Waals surface area contributed by atoms with E-state index in [1.807, 2.05) is 0 Å². The molecule has 2 fully saturated rings. The van der Waals surface area contributed by atoms with E-state index in [-0.39, 0.29) is 0 Å². The van der Waals surface area contributed by atoms with E-state index >= 15 is 0 Å². The zero-order valence-corrected chi connectivity index (χ0v) is 11.1. The molecule has 0 N–H and O–H groups in total. The molecule has 4 atom stereocenters. The van der Waals surface area contributed by atoms with Gasteiger partial charge in [-0.25, -0.2) is 0 Å². The molecule has 2 rings (SSSR count). The Balaban J connectivity index is 2.12. The van der Waals surface area contributed by atoms with Crippen LogP contribution in [0.25, 0.3) is 0 Å². The van der Waals surface area contributed by atoms with Crippen LogP contribution in [0, 0.1) is 29.1 Å². The number of hydrogen-bond donors (Lipinski definition) is 0. The van der Waals surface area contributed by atoms with Gasteiger partial charge in [0, 0.05) is 0 Å². The molecule has 0 aliphatic heterocycles. The molecule has 0 heteroatoms. The fourth-order valence-corrected chi connectivity index (χ4v) is 4.23. The van der Waals surface area contributed by atoms with Gasteiger partial charge in [-0.15, -0.1) is 0 Å². The lowest BCUT2D eigenvalue weighted by Crippen LogP contribution is -2.43. The van der Waals surface area contributed by atoms with Crippen molar-refractivity contribution in [1.29, 1.82) is 0 Å². The molecule has 0 aromatic heterocycles. The van der Waals surface area contributed by atoms with Crippen molar-refractivity contribution >= 4 is 0 Å². The van der Waals surface area contributed by atoms with Crippen molar-refractivity contribution in [1.82, 2.24) is 0 Å². The van der Waals surface area contributed by atoms with Gasteiger partial charge < -0.3 is 0 Å². The van der Waals surface area contributed by atoms with Gasteiger partial charge in [0.25, 0.3) is 0 Å². The summed E-state index contributed by atoms with van der Waals surface area (Å²) in [7, 11) is 0. The Bertz CT molecular complexity index is 218. The van der Waals surface area contributed by atoms with Gasteiger partial charge in [0.05, 0.1) is 0 Å². The zero-order valence-electron chi connectivity index (χ0n) is 11.1. The van der Waals surface area contributed by atoms with Crippen molar-refractivity contribution in [2.45, 2.75) is 66.2 Å². The Morgan fingerprint density at radius 3 is 2.47 bits per heavy atom. The molecule has 1 unspecified atom stereocenters. The van der Waals surface area contributed by atoms with Crippen LogP contribution in [0.1, 0.15) is 66.2 Å². The average Bonchev–Trinajstić information content (AvgIpc) is 2.19. The first-order valence-electron chi connectivity index (χ1n) is 7.04. The van der Waals surface area contributed by atoms with Crippen LogP contribution in [0.3, 0.4) is 0 Å². The fraction of sp³-hybridized carbons (Fsp3) is 1.00. The molecule has 2 saturated carbocycles. The Morgan fingerprint density at radius 2 is 1.80 bits per heavy atom. The minimum Gasteiger partial charge on any atom is -0.0625 e. The van der Waals surface area contributed by atoms with Gasteiger partial charge in [0.15, 0.2) is 0 Å². The van der Waals surface area contributed by atoms with Gasteiger partial charge in [-0.2, -0.15) is 0 Å². The third-order valence-corrected chi connectivity index (χ3v) is 5.78. The number of hydrogen-bond acceptors (Lipinski definition) is 0. The number of fused-ring (bicyclic) bond motifs is 1. The second-order valence-corrected chi connectivity index (χ2v) is 6.82. The van der Waals surface area contributed by atoms with Gasteiger partial charge in [-0.1, -0.05) is 40.5 Å². The number of rotatable bonds is 1. The van der Waals surface area contributed by atoms with Gasteiger partial charge in [0.2, 0.25) is 0 Å². The summed E-state index contributed by atoms with van der Waals surface area (Å²) in [6.45, 7) is 9.94. The Labute approximate surface area is 95.8 Å². The highest BCUT2D eigenvalue weighted by molar-refractivity contribution is 4.95. The standard InChI is InChI=1S/C15H28/c1-11(2)13-8-9-14-7-5-6-12(3)15(14,4)10-13/h11-14H,5-10H2,1-4H3/t12-,13-,14?,15+/m1/s1. The molecule has 0 nitrogen and oxygen atoms in total. The summed E-state index contributed by atoms with van der Waals surface area (Å²) in [5, 5.41) is 0. The van der Waals surface area contributed by atoms with E-state index in [1.165, 1.54) is 38.5 Å². The van der Waals surface area contributed by atoms with Crippen LogP contribution in [-0.4, -0.2) is 0 Å². The molecule has 88 valence electrons. The van der Waals surface area contributed by atoms with Crippen molar-refractivity contribution < 1.29 is 0 Å². The van der Waals surface area contributed by atoms with Gasteiger partial charge >= 0.3 is 0 Å². The van der Waals surface area contributed by atoms with E-state index < -0.39 is 0 Å². The van der Waals surface area contributed by atoms with Crippen LogP contribution >= 0.6 is 0 Å². The van der Waals surface area contributed by atoms with Crippen LogP contribution in [0.4, 0.5) is 0 Å². The minimum atomic E-state index is 0.686.